The second kappa shape index (κ2) is 7.26. The van der Waals surface area contributed by atoms with Crippen molar-refractivity contribution in [2.45, 2.75) is 18.2 Å². The SMILES string of the molecule is CCC(Br)CNC(=O)c1cc(OC)cc(OC)c1. The fourth-order valence-electron chi connectivity index (χ4n) is 1.39. The predicted octanol–water partition coefficient (Wildman–Crippen LogP) is 2.61. The van der Waals surface area contributed by atoms with Crippen LogP contribution in [0.3, 0.4) is 0 Å². The van der Waals surface area contributed by atoms with Gasteiger partial charge in [0.15, 0.2) is 0 Å². The third-order valence-corrected chi connectivity index (χ3v) is 3.51. The fourth-order valence-corrected chi connectivity index (χ4v) is 1.55. The van der Waals surface area contributed by atoms with Gasteiger partial charge in [-0.25, -0.2) is 0 Å². The Bertz CT molecular complexity index is 387. The summed E-state index contributed by atoms with van der Waals surface area (Å²) in [6.07, 6.45) is 0.960. The molecule has 0 fully saturated rings. The van der Waals surface area contributed by atoms with Crippen LogP contribution in [-0.4, -0.2) is 31.5 Å². The van der Waals surface area contributed by atoms with Crippen LogP contribution in [0.25, 0.3) is 0 Å². The monoisotopic (exact) mass is 315 g/mol. The molecular formula is C13H18BrNO3. The van der Waals surface area contributed by atoms with Gasteiger partial charge in [0, 0.05) is 23.0 Å². The van der Waals surface area contributed by atoms with Crippen molar-refractivity contribution in [1.82, 2.24) is 5.32 Å². The Kier molecular flexibility index (Phi) is 5.98. The van der Waals surface area contributed by atoms with E-state index in [1.807, 2.05) is 0 Å². The molecule has 1 amide bonds. The van der Waals surface area contributed by atoms with Crippen LogP contribution in [-0.2, 0) is 0 Å². The van der Waals surface area contributed by atoms with Crippen LogP contribution in [0.2, 0.25) is 0 Å². The number of carbonyl (C=O) groups excluding carboxylic acids is 1. The fraction of sp³-hybridized carbons (Fsp3) is 0.462. The number of hydrogen-bond donors (Lipinski definition) is 1. The second-order valence-electron chi connectivity index (χ2n) is 3.82. The highest BCUT2D eigenvalue weighted by Gasteiger charge is 2.10. The van der Waals surface area contributed by atoms with E-state index in [1.54, 1.807) is 32.4 Å². The van der Waals surface area contributed by atoms with Crippen LogP contribution in [0, 0.1) is 0 Å². The normalized spacial score (nSPS) is 11.8. The molecule has 0 radical (unpaired) electrons. The summed E-state index contributed by atoms with van der Waals surface area (Å²) < 4.78 is 10.3. The first-order valence-corrected chi connectivity index (χ1v) is 6.67. The van der Waals surface area contributed by atoms with Crippen molar-refractivity contribution in [3.8, 4) is 11.5 Å². The molecule has 0 heterocycles. The zero-order valence-electron chi connectivity index (χ0n) is 10.8. The Morgan fingerprint density at radius 3 is 2.28 bits per heavy atom. The van der Waals surface area contributed by atoms with E-state index >= 15 is 0 Å². The van der Waals surface area contributed by atoms with E-state index in [2.05, 4.69) is 28.2 Å². The molecule has 0 saturated heterocycles. The summed E-state index contributed by atoms with van der Waals surface area (Å²) in [5, 5.41) is 2.86. The number of methoxy groups -OCH3 is 2. The molecule has 5 heteroatoms. The molecule has 0 spiro atoms. The van der Waals surface area contributed by atoms with Crippen molar-refractivity contribution >= 4 is 21.8 Å². The van der Waals surface area contributed by atoms with Crippen LogP contribution in [0.15, 0.2) is 18.2 Å². The zero-order valence-corrected chi connectivity index (χ0v) is 12.4. The Hall–Kier alpha value is -1.23. The van der Waals surface area contributed by atoms with Gasteiger partial charge in [-0.1, -0.05) is 22.9 Å². The Morgan fingerprint density at radius 1 is 1.28 bits per heavy atom. The first kappa shape index (κ1) is 14.8. The highest BCUT2D eigenvalue weighted by Crippen LogP contribution is 2.22. The van der Waals surface area contributed by atoms with Gasteiger partial charge in [-0.2, -0.15) is 0 Å². The summed E-state index contributed by atoms with van der Waals surface area (Å²) in [5.41, 5.74) is 0.530. The summed E-state index contributed by atoms with van der Waals surface area (Å²) in [6, 6.07) is 5.11. The Balaban J connectivity index is 2.78. The molecule has 1 aromatic carbocycles. The molecule has 1 rings (SSSR count). The van der Waals surface area contributed by atoms with Crippen LogP contribution < -0.4 is 14.8 Å². The van der Waals surface area contributed by atoms with Crippen molar-refractivity contribution in [2.75, 3.05) is 20.8 Å². The molecule has 0 aromatic heterocycles. The highest BCUT2D eigenvalue weighted by atomic mass is 79.9. The van der Waals surface area contributed by atoms with Gasteiger partial charge in [0.1, 0.15) is 11.5 Å². The maximum Gasteiger partial charge on any atom is 0.251 e. The first-order chi connectivity index (χ1) is 8.60. The molecule has 1 aromatic rings. The zero-order chi connectivity index (χ0) is 13.5. The van der Waals surface area contributed by atoms with Gasteiger partial charge in [-0.3, -0.25) is 4.79 Å². The molecule has 18 heavy (non-hydrogen) atoms. The lowest BCUT2D eigenvalue weighted by molar-refractivity contribution is 0.0953. The lowest BCUT2D eigenvalue weighted by Crippen LogP contribution is -2.29. The summed E-state index contributed by atoms with van der Waals surface area (Å²) in [5.74, 6) is 1.07. The highest BCUT2D eigenvalue weighted by molar-refractivity contribution is 9.09. The van der Waals surface area contributed by atoms with Gasteiger partial charge in [0.2, 0.25) is 0 Å². The molecule has 0 aliphatic carbocycles. The standard InChI is InChI=1S/C13H18BrNO3/c1-4-10(14)8-15-13(16)9-5-11(17-2)7-12(6-9)18-3/h5-7,10H,4,8H2,1-3H3,(H,15,16). The average molecular weight is 316 g/mol. The van der Waals surface area contributed by atoms with E-state index in [0.717, 1.165) is 6.42 Å². The number of amides is 1. The van der Waals surface area contributed by atoms with Crippen molar-refractivity contribution in [1.29, 1.82) is 0 Å². The van der Waals surface area contributed by atoms with E-state index in [0.29, 0.717) is 23.6 Å². The molecule has 100 valence electrons. The number of benzene rings is 1. The smallest absolute Gasteiger partial charge is 0.251 e. The number of alkyl halides is 1. The quantitative estimate of drug-likeness (QED) is 0.821. The van der Waals surface area contributed by atoms with E-state index in [9.17, 15) is 4.79 Å². The molecule has 0 bridgehead atoms. The van der Waals surface area contributed by atoms with Gasteiger partial charge in [-0.15, -0.1) is 0 Å². The van der Waals surface area contributed by atoms with Crippen molar-refractivity contribution < 1.29 is 14.3 Å². The van der Waals surface area contributed by atoms with Gasteiger partial charge < -0.3 is 14.8 Å². The third kappa shape index (κ3) is 4.22. The maximum atomic E-state index is 12.0. The lowest BCUT2D eigenvalue weighted by Gasteiger charge is -2.11. The minimum Gasteiger partial charge on any atom is -0.497 e. The topological polar surface area (TPSA) is 47.6 Å². The number of ether oxygens (including phenoxy) is 2. The minimum atomic E-state index is -0.134. The van der Waals surface area contributed by atoms with Crippen LogP contribution >= 0.6 is 15.9 Å². The van der Waals surface area contributed by atoms with E-state index in [4.69, 9.17) is 9.47 Å². The molecule has 1 atom stereocenters. The summed E-state index contributed by atoms with van der Waals surface area (Å²) >= 11 is 3.47. The third-order valence-electron chi connectivity index (χ3n) is 2.54. The van der Waals surface area contributed by atoms with E-state index < -0.39 is 0 Å². The summed E-state index contributed by atoms with van der Waals surface area (Å²) in [7, 11) is 3.12. The molecular weight excluding hydrogens is 298 g/mol. The Labute approximate surface area is 116 Å². The number of carbonyl (C=O) groups is 1. The molecule has 1 N–H and O–H groups in total. The van der Waals surface area contributed by atoms with Crippen LogP contribution in [0.4, 0.5) is 0 Å². The molecule has 0 aliphatic heterocycles. The van der Waals surface area contributed by atoms with Crippen LogP contribution in [0.1, 0.15) is 23.7 Å². The van der Waals surface area contributed by atoms with Gasteiger partial charge >= 0.3 is 0 Å². The van der Waals surface area contributed by atoms with Crippen molar-refractivity contribution in [2.24, 2.45) is 0 Å². The molecule has 1 unspecified atom stereocenters. The molecule has 4 nitrogen and oxygen atoms in total. The molecule has 0 aliphatic rings. The largest absolute Gasteiger partial charge is 0.497 e. The Morgan fingerprint density at radius 2 is 1.83 bits per heavy atom. The number of halogens is 1. The van der Waals surface area contributed by atoms with E-state index in [-0.39, 0.29) is 10.7 Å². The lowest BCUT2D eigenvalue weighted by atomic mass is 10.2. The number of nitrogens with one attached hydrogen (secondary N) is 1. The summed E-state index contributed by atoms with van der Waals surface area (Å²) in [6.45, 7) is 2.65. The average Bonchev–Trinajstić information content (AvgIpc) is 2.43. The van der Waals surface area contributed by atoms with Crippen LogP contribution in [0.5, 0.6) is 11.5 Å². The second-order valence-corrected chi connectivity index (χ2v) is 5.11. The number of hydrogen-bond acceptors (Lipinski definition) is 3. The minimum absolute atomic E-state index is 0.134. The first-order valence-electron chi connectivity index (χ1n) is 5.76. The number of rotatable bonds is 6. The predicted molar refractivity (Wildman–Crippen MR) is 74.9 cm³/mol. The summed E-state index contributed by atoms with van der Waals surface area (Å²) in [4.78, 5) is 12.2. The van der Waals surface area contributed by atoms with Crippen molar-refractivity contribution in [3.63, 3.8) is 0 Å². The van der Waals surface area contributed by atoms with Crippen molar-refractivity contribution in [3.05, 3.63) is 23.8 Å². The molecule has 0 saturated carbocycles. The van der Waals surface area contributed by atoms with E-state index in [1.165, 1.54) is 0 Å². The van der Waals surface area contributed by atoms with Gasteiger partial charge in [0.25, 0.3) is 5.91 Å². The maximum absolute atomic E-state index is 12.0. The van der Waals surface area contributed by atoms with Gasteiger partial charge in [0.05, 0.1) is 14.2 Å². The van der Waals surface area contributed by atoms with Gasteiger partial charge in [-0.05, 0) is 18.6 Å².